The average molecular weight is 115 g/mol. The van der Waals surface area contributed by atoms with Crippen molar-refractivity contribution in [1.82, 2.24) is 10.6 Å². The lowest BCUT2D eigenvalue weighted by Gasteiger charge is -1.92. The third-order valence-electron chi connectivity index (χ3n) is 1.44. The van der Waals surface area contributed by atoms with Gasteiger partial charge in [-0.15, -0.1) is 0 Å². The second-order valence-electron chi connectivity index (χ2n) is 2.19. The van der Waals surface area contributed by atoms with E-state index in [1.165, 1.54) is 0 Å². The minimum absolute atomic E-state index is 0.281. The molecule has 48 valence electrons. The second kappa shape index (κ2) is 2.44. The Morgan fingerprint density at radius 1 is 1.75 bits per heavy atom. The second-order valence-corrected chi connectivity index (χ2v) is 2.19. The molecular weight excluding hydrogens is 102 g/mol. The first kappa shape index (κ1) is 6.01. The highest BCUT2D eigenvalue weighted by Crippen LogP contribution is 2.06. The van der Waals surface area contributed by atoms with E-state index < -0.39 is 0 Å². The summed E-state index contributed by atoms with van der Waals surface area (Å²) in [6, 6.07) is 0.586. The zero-order chi connectivity index (χ0) is 5.98. The molecule has 4 N–H and O–H groups in total. The van der Waals surface area contributed by atoms with Crippen LogP contribution in [0.3, 0.4) is 0 Å². The molecule has 0 saturated carbocycles. The molecule has 1 aliphatic rings. The summed E-state index contributed by atoms with van der Waals surface area (Å²) < 4.78 is 0. The lowest BCUT2D eigenvalue weighted by Crippen LogP contribution is -2.13. The Labute approximate surface area is 49.6 Å². The number of hydrogen-bond acceptors (Lipinski definition) is 3. The molecule has 0 radical (unpaired) electrons. The van der Waals surface area contributed by atoms with Crippen LogP contribution in [0.4, 0.5) is 0 Å². The number of nitrogens with two attached hydrogens (primary N) is 1. The number of nitrogens with one attached hydrogen (secondary N) is 2. The molecular formula is C5H13N3. The van der Waals surface area contributed by atoms with Crippen molar-refractivity contribution in [1.29, 1.82) is 0 Å². The molecule has 1 rings (SSSR count). The van der Waals surface area contributed by atoms with Crippen molar-refractivity contribution in [2.75, 3.05) is 13.6 Å². The molecule has 8 heavy (non-hydrogen) atoms. The Balaban J connectivity index is 1.89. The summed E-state index contributed by atoms with van der Waals surface area (Å²) in [6.45, 7) is 1.06. The predicted octanol–water partition coefficient (Wildman–Crippen LogP) is -1.15. The van der Waals surface area contributed by atoms with Crippen LogP contribution in [0, 0.1) is 0 Å². The molecule has 1 fully saturated rings. The number of rotatable bonds is 3. The van der Waals surface area contributed by atoms with Crippen LogP contribution < -0.4 is 16.4 Å². The van der Waals surface area contributed by atoms with Gasteiger partial charge in [-0.2, -0.15) is 0 Å². The standard InChI is InChI=1S/C5H13N3/c1-7-3-2-4-5(6)8-4/h4-5,7-8H,2-3,6H2,1H3. The van der Waals surface area contributed by atoms with Gasteiger partial charge in [-0.3, -0.25) is 5.32 Å². The Morgan fingerprint density at radius 2 is 2.38 bits per heavy atom. The smallest absolute Gasteiger partial charge is 0.0708 e. The summed E-state index contributed by atoms with van der Waals surface area (Å²) in [7, 11) is 1.95. The highest BCUT2D eigenvalue weighted by Gasteiger charge is 2.30. The Hall–Kier alpha value is -0.120. The van der Waals surface area contributed by atoms with Crippen LogP contribution in [0.1, 0.15) is 6.42 Å². The Morgan fingerprint density at radius 3 is 2.75 bits per heavy atom. The molecule has 0 spiro atoms. The molecule has 2 unspecified atom stereocenters. The van der Waals surface area contributed by atoms with Gasteiger partial charge in [0.15, 0.2) is 0 Å². The van der Waals surface area contributed by atoms with Gasteiger partial charge in [-0.1, -0.05) is 0 Å². The van der Waals surface area contributed by atoms with Crippen molar-refractivity contribution >= 4 is 0 Å². The van der Waals surface area contributed by atoms with Crippen molar-refractivity contribution in [3.63, 3.8) is 0 Å². The van der Waals surface area contributed by atoms with E-state index in [0.717, 1.165) is 13.0 Å². The highest BCUT2D eigenvalue weighted by molar-refractivity contribution is 4.92. The summed E-state index contributed by atoms with van der Waals surface area (Å²) in [4.78, 5) is 0. The van der Waals surface area contributed by atoms with Gasteiger partial charge >= 0.3 is 0 Å². The van der Waals surface area contributed by atoms with Gasteiger partial charge < -0.3 is 11.1 Å². The maximum atomic E-state index is 5.47. The highest BCUT2D eigenvalue weighted by atomic mass is 15.2. The molecule has 1 saturated heterocycles. The lowest BCUT2D eigenvalue weighted by atomic mass is 10.3. The van der Waals surface area contributed by atoms with E-state index in [1.54, 1.807) is 0 Å². The van der Waals surface area contributed by atoms with Crippen LogP contribution in [0.2, 0.25) is 0 Å². The molecule has 1 heterocycles. The van der Waals surface area contributed by atoms with Gasteiger partial charge in [-0.25, -0.2) is 0 Å². The zero-order valence-corrected chi connectivity index (χ0v) is 5.15. The minimum atomic E-state index is 0.281. The number of hydrogen-bond donors (Lipinski definition) is 3. The van der Waals surface area contributed by atoms with E-state index in [2.05, 4.69) is 10.6 Å². The molecule has 0 aliphatic carbocycles. The summed E-state index contributed by atoms with van der Waals surface area (Å²) in [5, 5.41) is 6.17. The summed E-state index contributed by atoms with van der Waals surface area (Å²) in [5.74, 6) is 0. The van der Waals surface area contributed by atoms with Gasteiger partial charge in [0, 0.05) is 6.04 Å². The van der Waals surface area contributed by atoms with Crippen LogP contribution in [0.15, 0.2) is 0 Å². The first-order valence-corrected chi connectivity index (χ1v) is 3.01. The van der Waals surface area contributed by atoms with Crippen LogP contribution in [-0.2, 0) is 0 Å². The van der Waals surface area contributed by atoms with Crippen molar-refractivity contribution in [3.05, 3.63) is 0 Å². The largest absolute Gasteiger partial charge is 0.320 e. The van der Waals surface area contributed by atoms with E-state index >= 15 is 0 Å². The average Bonchev–Trinajstić information content (AvgIpc) is 2.42. The van der Waals surface area contributed by atoms with Gasteiger partial charge in [0.05, 0.1) is 6.17 Å². The first-order valence-electron chi connectivity index (χ1n) is 3.01. The molecule has 3 heteroatoms. The van der Waals surface area contributed by atoms with E-state index in [-0.39, 0.29) is 6.17 Å². The Kier molecular flexibility index (Phi) is 1.83. The summed E-state index contributed by atoms with van der Waals surface area (Å²) in [6.07, 6.45) is 1.43. The van der Waals surface area contributed by atoms with E-state index in [9.17, 15) is 0 Å². The van der Waals surface area contributed by atoms with Crippen LogP contribution in [0.5, 0.6) is 0 Å². The summed E-state index contributed by atoms with van der Waals surface area (Å²) >= 11 is 0. The van der Waals surface area contributed by atoms with Crippen LogP contribution in [-0.4, -0.2) is 25.8 Å². The maximum absolute atomic E-state index is 5.47. The first-order chi connectivity index (χ1) is 3.84. The minimum Gasteiger partial charge on any atom is -0.320 e. The molecule has 0 bridgehead atoms. The fourth-order valence-electron chi connectivity index (χ4n) is 0.754. The van der Waals surface area contributed by atoms with E-state index in [4.69, 9.17) is 5.73 Å². The van der Waals surface area contributed by atoms with E-state index in [0.29, 0.717) is 6.04 Å². The van der Waals surface area contributed by atoms with Gasteiger partial charge in [0.2, 0.25) is 0 Å². The third kappa shape index (κ3) is 1.43. The summed E-state index contributed by atoms with van der Waals surface area (Å²) in [5.41, 5.74) is 5.47. The van der Waals surface area contributed by atoms with Gasteiger partial charge in [0.1, 0.15) is 0 Å². The molecule has 2 atom stereocenters. The Bertz CT molecular complexity index is 74.1. The molecule has 0 aromatic heterocycles. The fourth-order valence-corrected chi connectivity index (χ4v) is 0.754. The zero-order valence-electron chi connectivity index (χ0n) is 5.15. The van der Waals surface area contributed by atoms with Crippen molar-refractivity contribution < 1.29 is 0 Å². The van der Waals surface area contributed by atoms with Crippen molar-refractivity contribution in [2.24, 2.45) is 5.73 Å². The third-order valence-corrected chi connectivity index (χ3v) is 1.44. The van der Waals surface area contributed by atoms with Crippen LogP contribution >= 0.6 is 0 Å². The molecule has 0 amide bonds. The van der Waals surface area contributed by atoms with Crippen molar-refractivity contribution in [3.8, 4) is 0 Å². The molecule has 1 aliphatic heterocycles. The molecule has 0 aromatic carbocycles. The maximum Gasteiger partial charge on any atom is 0.0708 e. The SMILES string of the molecule is CNCCC1NC1N. The quantitative estimate of drug-likeness (QED) is 0.407. The van der Waals surface area contributed by atoms with Crippen LogP contribution in [0.25, 0.3) is 0 Å². The topological polar surface area (TPSA) is 60.0 Å². The predicted molar refractivity (Wildman–Crippen MR) is 33.4 cm³/mol. The fraction of sp³-hybridized carbons (Fsp3) is 1.00. The monoisotopic (exact) mass is 115 g/mol. The van der Waals surface area contributed by atoms with Gasteiger partial charge in [0.25, 0.3) is 0 Å². The van der Waals surface area contributed by atoms with Gasteiger partial charge in [-0.05, 0) is 20.0 Å². The molecule has 0 aromatic rings. The lowest BCUT2D eigenvalue weighted by molar-refractivity contribution is 0.704. The van der Waals surface area contributed by atoms with E-state index in [1.807, 2.05) is 7.05 Å². The normalized spacial score (nSPS) is 35.2. The molecule has 3 nitrogen and oxygen atoms in total. The van der Waals surface area contributed by atoms with Crippen molar-refractivity contribution in [2.45, 2.75) is 18.6 Å².